The van der Waals surface area contributed by atoms with E-state index in [1.165, 1.54) is 16.7 Å². The lowest BCUT2D eigenvalue weighted by Gasteiger charge is -2.31. The van der Waals surface area contributed by atoms with Crippen molar-refractivity contribution in [3.8, 4) is 11.1 Å². The van der Waals surface area contributed by atoms with Gasteiger partial charge in [0.05, 0.1) is 6.10 Å². The van der Waals surface area contributed by atoms with Gasteiger partial charge in [-0.3, -0.25) is 0 Å². The highest BCUT2D eigenvalue weighted by atomic mass is 16.3. The molecule has 1 fully saturated rings. The fourth-order valence-corrected chi connectivity index (χ4v) is 2.44. The zero-order valence-electron chi connectivity index (χ0n) is 9.71. The molecule has 0 saturated heterocycles. The Morgan fingerprint density at radius 1 is 0.765 bits per heavy atom. The van der Waals surface area contributed by atoms with Crippen LogP contribution in [0.25, 0.3) is 11.1 Å². The van der Waals surface area contributed by atoms with Crippen LogP contribution in [0, 0.1) is 0 Å². The average molecular weight is 224 g/mol. The summed E-state index contributed by atoms with van der Waals surface area (Å²) in [6.45, 7) is 0. The maximum absolute atomic E-state index is 9.31. The van der Waals surface area contributed by atoms with E-state index in [-0.39, 0.29) is 6.10 Å². The van der Waals surface area contributed by atoms with Gasteiger partial charge in [-0.2, -0.15) is 0 Å². The van der Waals surface area contributed by atoms with Crippen LogP contribution in [0.2, 0.25) is 0 Å². The Kier molecular flexibility index (Phi) is 2.69. The zero-order chi connectivity index (χ0) is 11.7. The molecule has 0 aromatic heterocycles. The van der Waals surface area contributed by atoms with Crippen molar-refractivity contribution in [1.82, 2.24) is 0 Å². The molecule has 0 spiro atoms. The van der Waals surface area contributed by atoms with Crippen LogP contribution in [0.4, 0.5) is 0 Å². The molecule has 1 nitrogen and oxygen atoms in total. The van der Waals surface area contributed by atoms with Gasteiger partial charge in [0, 0.05) is 0 Å². The largest absolute Gasteiger partial charge is 0.393 e. The highest BCUT2D eigenvalue weighted by molar-refractivity contribution is 5.63. The van der Waals surface area contributed by atoms with Crippen LogP contribution in [0.15, 0.2) is 54.6 Å². The summed E-state index contributed by atoms with van der Waals surface area (Å²) in [7, 11) is 0. The number of hydrogen-bond acceptors (Lipinski definition) is 1. The normalized spacial score (nSPS) is 23.1. The summed E-state index contributed by atoms with van der Waals surface area (Å²) >= 11 is 0. The van der Waals surface area contributed by atoms with Crippen LogP contribution in [0.1, 0.15) is 24.3 Å². The minimum absolute atomic E-state index is 0.0752. The van der Waals surface area contributed by atoms with Crippen molar-refractivity contribution in [2.45, 2.75) is 24.9 Å². The first-order valence-electron chi connectivity index (χ1n) is 6.16. The van der Waals surface area contributed by atoms with E-state index in [2.05, 4.69) is 48.5 Å². The molecule has 0 bridgehead atoms. The molecule has 0 amide bonds. The highest BCUT2D eigenvalue weighted by Gasteiger charge is 2.28. The Labute approximate surface area is 102 Å². The predicted octanol–water partition coefficient (Wildman–Crippen LogP) is 3.59. The number of hydrogen-bond donors (Lipinski definition) is 1. The molecule has 3 rings (SSSR count). The van der Waals surface area contributed by atoms with Gasteiger partial charge in [0.15, 0.2) is 0 Å². The summed E-state index contributed by atoms with van der Waals surface area (Å²) in [5.41, 5.74) is 3.87. The summed E-state index contributed by atoms with van der Waals surface area (Å²) < 4.78 is 0. The molecule has 1 N–H and O–H groups in total. The van der Waals surface area contributed by atoms with Gasteiger partial charge in [-0.15, -0.1) is 0 Å². The van der Waals surface area contributed by atoms with Crippen molar-refractivity contribution in [3.63, 3.8) is 0 Å². The van der Waals surface area contributed by atoms with Gasteiger partial charge in [-0.25, -0.2) is 0 Å². The molecule has 1 aliphatic carbocycles. The SMILES string of the molecule is OC1CC(c2ccc(-c3ccccc3)cc2)C1. The Morgan fingerprint density at radius 3 is 1.94 bits per heavy atom. The van der Waals surface area contributed by atoms with E-state index in [4.69, 9.17) is 0 Å². The minimum Gasteiger partial charge on any atom is -0.393 e. The van der Waals surface area contributed by atoms with E-state index in [1.807, 2.05) is 6.07 Å². The van der Waals surface area contributed by atoms with Crippen LogP contribution >= 0.6 is 0 Å². The summed E-state index contributed by atoms with van der Waals surface area (Å²) in [5, 5.41) is 9.31. The second-order valence-electron chi connectivity index (χ2n) is 4.81. The van der Waals surface area contributed by atoms with E-state index in [9.17, 15) is 5.11 Å². The summed E-state index contributed by atoms with van der Waals surface area (Å²) in [4.78, 5) is 0. The predicted molar refractivity (Wildman–Crippen MR) is 69.9 cm³/mol. The maximum atomic E-state index is 9.31. The first kappa shape index (κ1) is 10.5. The second-order valence-corrected chi connectivity index (χ2v) is 4.81. The molecule has 1 saturated carbocycles. The van der Waals surface area contributed by atoms with Crippen molar-refractivity contribution < 1.29 is 5.11 Å². The van der Waals surface area contributed by atoms with Crippen molar-refractivity contribution in [1.29, 1.82) is 0 Å². The molecule has 0 radical (unpaired) electrons. The van der Waals surface area contributed by atoms with Crippen molar-refractivity contribution in [2.75, 3.05) is 0 Å². The van der Waals surface area contributed by atoms with E-state index in [1.54, 1.807) is 0 Å². The third kappa shape index (κ3) is 2.11. The summed E-state index contributed by atoms with van der Waals surface area (Å²) in [5.74, 6) is 0.565. The van der Waals surface area contributed by atoms with Crippen molar-refractivity contribution in [3.05, 3.63) is 60.2 Å². The molecule has 2 aromatic rings. The molecule has 0 unspecified atom stereocenters. The van der Waals surface area contributed by atoms with Gasteiger partial charge in [-0.1, -0.05) is 54.6 Å². The fourth-order valence-electron chi connectivity index (χ4n) is 2.44. The molecular formula is C16H16O. The van der Waals surface area contributed by atoms with Gasteiger partial charge in [0.1, 0.15) is 0 Å². The van der Waals surface area contributed by atoms with Crippen LogP contribution in [-0.2, 0) is 0 Å². The lowest BCUT2D eigenvalue weighted by atomic mass is 9.77. The fraction of sp³-hybridized carbons (Fsp3) is 0.250. The van der Waals surface area contributed by atoms with Crippen LogP contribution in [0.3, 0.4) is 0 Å². The first-order chi connectivity index (χ1) is 8.33. The molecular weight excluding hydrogens is 208 g/mol. The number of rotatable bonds is 2. The monoisotopic (exact) mass is 224 g/mol. The number of benzene rings is 2. The van der Waals surface area contributed by atoms with Gasteiger partial charge < -0.3 is 5.11 Å². The molecule has 0 aliphatic heterocycles. The lowest BCUT2D eigenvalue weighted by Crippen LogP contribution is -2.26. The average Bonchev–Trinajstić information content (AvgIpc) is 2.36. The Balaban J connectivity index is 1.81. The number of aliphatic hydroxyl groups is 1. The Morgan fingerprint density at radius 2 is 1.35 bits per heavy atom. The Hall–Kier alpha value is -1.60. The molecule has 0 heterocycles. The van der Waals surface area contributed by atoms with Gasteiger partial charge in [-0.05, 0) is 35.4 Å². The quantitative estimate of drug-likeness (QED) is 0.826. The first-order valence-corrected chi connectivity index (χ1v) is 6.16. The van der Waals surface area contributed by atoms with Gasteiger partial charge >= 0.3 is 0 Å². The van der Waals surface area contributed by atoms with Crippen molar-refractivity contribution in [2.24, 2.45) is 0 Å². The van der Waals surface area contributed by atoms with E-state index >= 15 is 0 Å². The molecule has 17 heavy (non-hydrogen) atoms. The van der Waals surface area contributed by atoms with E-state index in [0.717, 1.165) is 12.8 Å². The maximum Gasteiger partial charge on any atom is 0.0552 e. The molecule has 86 valence electrons. The van der Waals surface area contributed by atoms with Crippen LogP contribution < -0.4 is 0 Å². The van der Waals surface area contributed by atoms with E-state index < -0.39 is 0 Å². The van der Waals surface area contributed by atoms with E-state index in [0.29, 0.717) is 5.92 Å². The topological polar surface area (TPSA) is 20.2 Å². The minimum atomic E-state index is -0.0752. The van der Waals surface area contributed by atoms with Crippen molar-refractivity contribution >= 4 is 0 Å². The third-order valence-electron chi connectivity index (χ3n) is 3.60. The molecule has 1 aliphatic rings. The van der Waals surface area contributed by atoms with Gasteiger partial charge in [0.2, 0.25) is 0 Å². The highest BCUT2D eigenvalue weighted by Crippen LogP contribution is 2.37. The van der Waals surface area contributed by atoms with Crippen LogP contribution in [-0.4, -0.2) is 11.2 Å². The summed E-state index contributed by atoms with van der Waals surface area (Å²) in [6.07, 6.45) is 1.77. The Bertz CT molecular complexity index is 481. The molecule has 1 heteroatoms. The standard InChI is InChI=1S/C16H16O/c17-16-10-15(11-16)14-8-6-13(7-9-14)12-4-2-1-3-5-12/h1-9,15-17H,10-11H2. The molecule has 2 aromatic carbocycles. The second kappa shape index (κ2) is 4.34. The number of aliphatic hydroxyl groups excluding tert-OH is 1. The smallest absolute Gasteiger partial charge is 0.0552 e. The molecule has 0 atom stereocenters. The van der Waals surface area contributed by atoms with Crippen LogP contribution in [0.5, 0.6) is 0 Å². The van der Waals surface area contributed by atoms with Gasteiger partial charge in [0.25, 0.3) is 0 Å². The zero-order valence-corrected chi connectivity index (χ0v) is 9.71. The lowest BCUT2D eigenvalue weighted by molar-refractivity contribution is 0.0746. The third-order valence-corrected chi connectivity index (χ3v) is 3.60. The summed E-state index contributed by atoms with van der Waals surface area (Å²) in [6, 6.07) is 19.2.